The molecule has 0 unspecified atom stereocenters. The maximum Gasteiger partial charge on any atom is 0.129 e. The number of aromatic nitrogens is 1. The molecule has 72 valence electrons. The molecular weight excluding hydrogens is 201 g/mol. The van der Waals surface area contributed by atoms with Gasteiger partial charge in [0.05, 0.1) is 0 Å². The molecule has 0 atom stereocenters. The quantitative estimate of drug-likeness (QED) is 0.774. The van der Waals surface area contributed by atoms with E-state index in [2.05, 4.69) is 4.98 Å². The summed E-state index contributed by atoms with van der Waals surface area (Å²) in [7, 11) is 0. The Bertz CT molecular complexity index is 419. The van der Waals surface area contributed by atoms with Crippen LogP contribution < -0.4 is 0 Å². The average Bonchev–Trinajstić information content (AvgIpc) is 2.67. The fraction of sp³-hybridized carbons (Fsp3) is 0.0909. The minimum Gasteiger partial charge on any atom is -0.356 e. The van der Waals surface area contributed by atoms with Crippen molar-refractivity contribution < 1.29 is 4.39 Å². The molecule has 1 aromatic carbocycles. The summed E-state index contributed by atoms with van der Waals surface area (Å²) in [6, 6.07) is 11.0. The highest BCUT2D eigenvalue weighted by molar-refractivity contribution is 6.30. The fourth-order valence-electron chi connectivity index (χ4n) is 1.32. The molecule has 14 heavy (non-hydrogen) atoms. The highest BCUT2D eigenvalue weighted by atomic mass is 35.5. The van der Waals surface area contributed by atoms with E-state index >= 15 is 0 Å². The standard InChI is InChI=1S/C11H9ClFN/c12-9-3-1-8(2-4-9)11-6-5-10(7-13)14-11/h1-6,14H,7H2. The summed E-state index contributed by atoms with van der Waals surface area (Å²) >= 11 is 5.76. The Hall–Kier alpha value is -1.28. The van der Waals surface area contributed by atoms with E-state index in [1.54, 1.807) is 6.07 Å². The third kappa shape index (κ3) is 1.80. The zero-order chi connectivity index (χ0) is 9.97. The second kappa shape index (κ2) is 3.84. The first kappa shape index (κ1) is 9.28. The molecule has 0 amide bonds. The molecule has 1 N–H and O–H groups in total. The average molecular weight is 210 g/mol. The van der Waals surface area contributed by atoms with Crippen LogP contribution in [-0.2, 0) is 6.67 Å². The van der Waals surface area contributed by atoms with Crippen LogP contribution in [0.4, 0.5) is 4.39 Å². The SMILES string of the molecule is FCc1ccc(-c2ccc(Cl)cc2)[nH]1. The van der Waals surface area contributed by atoms with Gasteiger partial charge in [-0.3, -0.25) is 0 Å². The Morgan fingerprint density at radius 1 is 1.07 bits per heavy atom. The number of aromatic amines is 1. The van der Waals surface area contributed by atoms with Gasteiger partial charge in [0.15, 0.2) is 0 Å². The smallest absolute Gasteiger partial charge is 0.129 e. The summed E-state index contributed by atoms with van der Waals surface area (Å²) in [5.41, 5.74) is 2.51. The van der Waals surface area contributed by atoms with Gasteiger partial charge in [-0.2, -0.15) is 0 Å². The summed E-state index contributed by atoms with van der Waals surface area (Å²) in [5.74, 6) is 0. The van der Waals surface area contributed by atoms with Crippen molar-refractivity contribution in [3.8, 4) is 11.3 Å². The molecule has 0 radical (unpaired) electrons. The zero-order valence-electron chi connectivity index (χ0n) is 7.43. The van der Waals surface area contributed by atoms with E-state index in [0.29, 0.717) is 10.7 Å². The molecule has 0 saturated carbocycles. The van der Waals surface area contributed by atoms with Crippen molar-refractivity contribution in [3.05, 3.63) is 47.1 Å². The highest BCUT2D eigenvalue weighted by Crippen LogP contribution is 2.20. The molecular formula is C11H9ClFN. The van der Waals surface area contributed by atoms with Crippen LogP contribution in [0.15, 0.2) is 36.4 Å². The monoisotopic (exact) mass is 209 g/mol. The molecule has 1 nitrogen and oxygen atoms in total. The second-order valence-electron chi connectivity index (χ2n) is 3.04. The van der Waals surface area contributed by atoms with Crippen molar-refractivity contribution in [2.45, 2.75) is 6.67 Å². The lowest BCUT2D eigenvalue weighted by Gasteiger charge is -1.97. The lowest BCUT2D eigenvalue weighted by Crippen LogP contribution is -1.79. The molecule has 1 heterocycles. The van der Waals surface area contributed by atoms with E-state index in [1.165, 1.54) is 0 Å². The molecule has 0 spiro atoms. The molecule has 0 aliphatic heterocycles. The number of hydrogen-bond donors (Lipinski definition) is 1. The molecule has 1 aromatic heterocycles. The predicted octanol–water partition coefficient (Wildman–Crippen LogP) is 3.80. The normalized spacial score (nSPS) is 10.4. The highest BCUT2D eigenvalue weighted by Gasteiger charge is 2.00. The van der Waals surface area contributed by atoms with Crippen molar-refractivity contribution >= 4 is 11.6 Å². The van der Waals surface area contributed by atoms with E-state index in [9.17, 15) is 4.39 Å². The number of alkyl halides is 1. The summed E-state index contributed by atoms with van der Waals surface area (Å²) in [5, 5.41) is 0.700. The van der Waals surface area contributed by atoms with Crippen LogP contribution in [0.2, 0.25) is 5.02 Å². The summed E-state index contributed by atoms with van der Waals surface area (Å²) in [6.07, 6.45) is 0. The largest absolute Gasteiger partial charge is 0.356 e. The summed E-state index contributed by atoms with van der Waals surface area (Å²) in [6.45, 7) is -0.465. The Kier molecular flexibility index (Phi) is 2.55. The van der Waals surface area contributed by atoms with Crippen molar-refractivity contribution in [2.75, 3.05) is 0 Å². The van der Waals surface area contributed by atoms with Gasteiger partial charge in [-0.25, -0.2) is 4.39 Å². The molecule has 0 bridgehead atoms. The topological polar surface area (TPSA) is 15.8 Å². The maximum atomic E-state index is 12.3. The van der Waals surface area contributed by atoms with Crippen LogP contribution in [0, 0.1) is 0 Å². The number of nitrogens with one attached hydrogen (secondary N) is 1. The first-order valence-electron chi connectivity index (χ1n) is 4.29. The Morgan fingerprint density at radius 3 is 2.36 bits per heavy atom. The first-order valence-corrected chi connectivity index (χ1v) is 4.67. The van der Waals surface area contributed by atoms with Crippen LogP contribution in [0.5, 0.6) is 0 Å². The lowest BCUT2D eigenvalue weighted by atomic mass is 10.2. The fourth-order valence-corrected chi connectivity index (χ4v) is 1.44. The van der Waals surface area contributed by atoms with Gasteiger partial charge in [-0.15, -0.1) is 0 Å². The Labute approximate surface area is 86.5 Å². The van der Waals surface area contributed by atoms with Crippen molar-refractivity contribution in [1.82, 2.24) is 4.98 Å². The van der Waals surface area contributed by atoms with Crippen molar-refractivity contribution in [2.24, 2.45) is 0 Å². The third-order valence-corrected chi connectivity index (χ3v) is 2.30. The molecule has 0 saturated heterocycles. The summed E-state index contributed by atoms with van der Waals surface area (Å²) < 4.78 is 12.3. The first-order chi connectivity index (χ1) is 6.79. The Morgan fingerprint density at radius 2 is 1.79 bits per heavy atom. The minimum atomic E-state index is -0.465. The zero-order valence-corrected chi connectivity index (χ0v) is 8.18. The van der Waals surface area contributed by atoms with Crippen molar-refractivity contribution in [3.63, 3.8) is 0 Å². The van der Waals surface area contributed by atoms with Gasteiger partial charge in [-0.1, -0.05) is 23.7 Å². The van der Waals surface area contributed by atoms with Crippen LogP contribution >= 0.6 is 11.6 Å². The van der Waals surface area contributed by atoms with E-state index in [4.69, 9.17) is 11.6 Å². The van der Waals surface area contributed by atoms with Gasteiger partial charge in [0.2, 0.25) is 0 Å². The van der Waals surface area contributed by atoms with Gasteiger partial charge in [-0.05, 0) is 29.8 Å². The number of hydrogen-bond acceptors (Lipinski definition) is 0. The van der Waals surface area contributed by atoms with Gasteiger partial charge in [0, 0.05) is 16.4 Å². The molecule has 0 aliphatic carbocycles. The van der Waals surface area contributed by atoms with Crippen LogP contribution in [0.25, 0.3) is 11.3 Å². The van der Waals surface area contributed by atoms with Gasteiger partial charge < -0.3 is 4.98 Å². The van der Waals surface area contributed by atoms with Gasteiger partial charge in [0.25, 0.3) is 0 Å². The predicted molar refractivity (Wildman–Crippen MR) is 56.1 cm³/mol. The second-order valence-corrected chi connectivity index (χ2v) is 3.47. The van der Waals surface area contributed by atoms with Crippen LogP contribution in [-0.4, -0.2) is 4.98 Å². The summed E-state index contributed by atoms with van der Waals surface area (Å²) in [4.78, 5) is 2.98. The Balaban J connectivity index is 2.34. The molecule has 0 aliphatic rings. The van der Waals surface area contributed by atoms with Gasteiger partial charge in [0.1, 0.15) is 6.67 Å². The number of halogens is 2. The molecule has 2 aromatic rings. The van der Waals surface area contributed by atoms with E-state index in [1.807, 2.05) is 30.3 Å². The molecule has 2 rings (SSSR count). The van der Waals surface area contributed by atoms with E-state index < -0.39 is 6.67 Å². The maximum absolute atomic E-state index is 12.3. The van der Waals surface area contributed by atoms with Gasteiger partial charge >= 0.3 is 0 Å². The third-order valence-electron chi connectivity index (χ3n) is 2.05. The number of H-pyrrole nitrogens is 1. The van der Waals surface area contributed by atoms with Crippen LogP contribution in [0.1, 0.15) is 5.69 Å². The van der Waals surface area contributed by atoms with Crippen LogP contribution in [0.3, 0.4) is 0 Å². The molecule has 3 heteroatoms. The van der Waals surface area contributed by atoms with Crippen molar-refractivity contribution in [1.29, 1.82) is 0 Å². The van der Waals surface area contributed by atoms with E-state index in [0.717, 1.165) is 11.3 Å². The molecule has 0 fully saturated rings. The lowest BCUT2D eigenvalue weighted by molar-refractivity contribution is 0.478. The van der Waals surface area contributed by atoms with E-state index in [-0.39, 0.29) is 0 Å². The number of rotatable bonds is 2. The number of benzene rings is 1. The minimum absolute atomic E-state index is 0.465.